The molecule has 0 N–H and O–H groups in total. The minimum atomic E-state index is -0.400. The first-order chi connectivity index (χ1) is 8.41. The maximum absolute atomic E-state index is 13.6. The molecule has 1 aromatic carbocycles. The van der Waals surface area contributed by atoms with Crippen LogP contribution >= 0.6 is 11.6 Å². The van der Waals surface area contributed by atoms with E-state index in [0.717, 1.165) is 6.42 Å². The van der Waals surface area contributed by atoms with Crippen LogP contribution in [0.1, 0.15) is 39.2 Å². The van der Waals surface area contributed by atoms with E-state index in [2.05, 4.69) is 13.8 Å². The average Bonchev–Trinajstić information content (AvgIpc) is 2.29. The zero-order valence-electron chi connectivity index (χ0n) is 11.2. The largest absolute Gasteiger partial charge is 0.299 e. The lowest BCUT2D eigenvalue weighted by Crippen LogP contribution is -2.14. The third kappa shape index (κ3) is 4.41. The smallest absolute Gasteiger partial charge is 0.144 e. The minimum Gasteiger partial charge on any atom is -0.299 e. The Hall–Kier alpha value is -0.890. The van der Waals surface area contributed by atoms with Gasteiger partial charge in [0.2, 0.25) is 0 Å². The molecule has 1 rings (SSSR count). The van der Waals surface area contributed by atoms with E-state index in [9.17, 15) is 9.18 Å². The Bertz CT molecular complexity index is 415. The molecule has 0 bridgehead atoms. The topological polar surface area (TPSA) is 17.1 Å². The molecule has 0 saturated heterocycles. The Morgan fingerprint density at radius 2 is 2.00 bits per heavy atom. The van der Waals surface area contributed by atoms with Gasteiger partial charge in [0.1, 0.15) is 11.6 Å². The first-order valence-electron chi connectivity index (χ1n) is 6.37. The molecule has 0 aliphatic heterocycles. The number of carbonyl (C=O) groups is 1. The fourth-order valence-electron chi connectivity index (χ4n) is 2.08. The molecule has 0 unspecified atom stereocenters. The van der Waals surface area contributed by atoms with Crippen LogP contribution in [0.25, 0.3) is 0 Å². The molecule has 1 nitrogen and oxygen atoms in total. The molecule has 1 aromatic rings. The number of rotatable bonds is 6. The number of halogens is 2. The van der Waals surface area contributed by atoms with Crippen LogP contribution < -0.4 is 0 Å². The molecule has 3 heteroatoms. The van der Waals surface area contributed by atoms with E-state index in [1.54, 1.807) is 12.1 Å². The highest BCUT2D eigenvalue weighted by molar-refractivity contribution is 6.30. The van der Waals surface area contributed by atoms with Gasteiger partial charge < -0.3 is 0 Å². The molecule has 0 aromatic heterocycles. The summed E-state index contributed by atoms with van der Waals surface area (Å²) in [6.45, 7) is 6.14. The molecular weight excluding hydrogens is 251 g/mol. The van der Waals surface area contributed by atoms with Crippen molar-refractivity contribution < 1.29 is 9.18 Å². The lowest BCUT2D eigenvalue weighted by atomic mass is 9.92. The fraction of sp³-hybridized carbons (Fsp3) is 0.533. The molecule has 0 heterocycles. The van der Waals surface area contributed by atoms with Gasteiger partial charge >= 0.3 is 0 Å². The van der Waals surface area contributed by atoms with Crippen molar-refractivity contribution in [2.45, 2.75) is 40.0 Å². The monoisotopic (exact) mass is 270 g/mol. The Labute approximate surface area is 113 Å². The Balaban J connectivity index is 2.55. The number of carbonyl (C=O) groups excluding carboxylic acids is 1. The van der Waals surface area contributed by atoms with E-state index in [1.807, 2.05) is 6.92 Å². The zero-order chi connectivity index (χ0) is 13.7. The molecule has 0 fully saturated rings. The predicted octanol–water partition coefficient (Wildman–Crippen LogP) is 4.66. The number of hydrogen-bond donors (Lipinski definition) is 0. The second kappa shape index (κ2) is 6.89. The van der Waals surface area contributed by atoms with Crippen molar-refractivity contribution in [1.82, 2.24) is 0 Å². The highest BCUT2D eigenvalue weighted by Crippen LogP contribution is 2.20. The van der Waals surface area contributed by atoms with Gasteiger partial charge in [-0.05, 0) is 30.4 Å². The summed E-state index contributed by atoms with van der Waals surface area (Å²) in [5, 5.41) is 0.121. The second-order valence-corrected chi connectivity index (χ2v) is 5.62. The van der Waals surface area contributed by atoms with Gasteiger partial charge in [-0.15, -0.1) is 0 Å². The SMILES string of the molecule is CC(C)C[C@H](C)C(=O)CCc1cccc(Cl)c1F. The molecule has 0 radical (unpaired) electrons. The van der Waals surface area contributed by atoms with Gasteiger partial charge in [-0.3, -0.25) is 4.79 Å². The van der Waals surface area contributed by atoms with Crippen molar-refractivity contribution >= 4 is 17.4 Å². The summed E-state index contributed by atoms with van der Waals surface area (Å²) in [6.07, 6.45) is 1.69. The van der Waals surface area contributed by atoms with E-state index in [0.29, 0.717) is 24.3 Å². The van der Waals surface area contributed by atoms with Crippen LogP contribution in [-0.2, 0) is 11.2 Å². The van der Waals surface area contributed by atoms with Crippen LogP contribution in [0, 0.1) is 17.7 Å². The Morgan fingerprint density at radius 3 is 2.61 bits per heavy atom. The van der Waals surface area contributed by atoms with Crippen LogP contribution in [0.3, 0.4) is 0 Å². The lowest BCUT2D eigenvalue weighted by Gasteiger charge is -2.13. The molecule has 0 aliphatic carbocycles. The molecule has 100 valence electrons. The second-order valence-electron chi connectivity index (χ2n) is 5.21. The third-order valence-corrected chi connectivity index (χ3v) is 3.34. The summed E-state index contributed by atoms with van der Waals surface area (Å²) >= 11 is 5.70. The van der Waals surface area contributed by atoms with Gasteiger partial charge in [-0.25, -0.2) is 4.39 Å². The van der Waals surface area contributed by atoms with Gasteiger partial charge in [0.05, 0.1) is 5.02 Å². The van der Waals surface area contributed by atoms with Gasteiger partial charge in [0.25, 0.3) is 0 Å². The molecule has 18 heavy (non-hydrogen) atoms. The van der Waals surface area contributed by atoms with E-state index in [-0.39, 0.29) is 16.7 Å². The summed E-state index contributed by atoms with van der Waals surface area (Å²) in [4.78, 5) is 11.9. The number of Topliss-reactive ketones (excluding diaryl/α,β-unsaturated/α-hetero) is 1. The normalized spacial score (nSPS) is 12.8. The third-order valence-electron chi connectivity index (χ3n) is 3.05. The highest BCUT2D eigenvalue weighted by Gasteiger charge is 2.15. The molecule has 0 spiro atoms. The molecule has 1 atom stereocenters. The molecule has 0 saturated carbocycles. The molecule has 0 amide bonds. The number of aryl methyl sites for hydroxylation is 1. The fourth-order valence-corrected chi connectivity index (χ4v) is 2.28. The lowest BCUT2D eigenvalue weighted by molar-refractivity contribution is -0.122. The van der Waals surface area contributed by atoms with Crippen molar-refractivity contribution in [3.63, 3.8) is 0 Å². The van der Waals surface area contributed by atoms with Crippen molar-refractivity contribution in [3.05, 3.63) is 34.6 Å². The van der Waals surface area contributed by atoms with E-state index >= 15 is 0 Å². The zero-order valence-corrected chi connectivity index (χ0v) is 11.9. The summed E-state index contributed by atoms with van der Waals surface area (Å²) < 4.78 is 13.6. The van der Waals surface area contributed by atoms with Gasteiger partial charge in [0, 0.05) is 12.3 Å². The van der Waals surface area contributed by atoms with E-state index in [1.165, 1.54) is 6.07 Å². The number of ketones is 1. The van der Waals surface area contributed by atoms with Crippen molar-refractivity contribution in [2.75, 3.05) is 0 Å². The molecular formula is C15H20ClFO. The van der Waals surface area contributed by atoms with Crippen molar-refractivity contribution in [1.29, 1.82) is 0 Å². The van der Waals surface area contributed by atoms with Crippen LogP contribution in [0.2, 0.25) is 5.02 Å². The maximum Gasteiger partial charge on any atom is 0.144 e. The average molecular weight is 271 g/mol. The Morgan fingerprint density at radius 1 is 1.33 bits per heavy atom. The minimum absolute atomic E-state index is 0.0484. The number of benzene rings is 1. The van der Waals surface area contributed by atoms with Crippen LogP contribution in [0.5, 0.6) is 0 Å². The van der Waals surface area contributed by atoms with Crippen LogP contribution in [0.4, 0.5) is 4.39 Å². The van der Waals surface area contributed by atoms with Gasteiger partial charge in [-0.2, -0.15) is 0 Å². The molecule has 0 aliphatic rings. The van der Waals surface area contributed by atoms with Gasteiger partial charge in [0.15, 0.2) is 0 Å². The van der Waals surface area contributed by atoms with Crippen molar-refractivity contribution in [3.8, 4) is 0 Å². The highest BCUT2D eigenvalue weighted by atomic mass is 35.5. The summed E-state index contributed by atoms with van der Waals surface area (Å²) in [7, 11) is 0. The predicted molar refractivity (Wildman–Crippen MR) is 73.4 cm³/mol. The number of hydrogen-bond acceptors (Lipinski definition) is 1. The van der Waals surface area contributed by atoms with Gasteiger partial charge in [-0.1, -0.05) is 44.5 Å². The van der Waals surface area contributed by atoms with E-state index < -0.39 is 5.82 Å². The summed E-state index contributed by atoms with van der Waals surface area (Å²) in [5.41, 5.74) is 0.521. The summed E-state index contributed by atoms with van der Waals surface area (Å²) in [6, 6.07) is 4.91. The Kier molecular flexibility index (Phi) is 5.80. The maximum atomic E-state index is 13.6. The van der Waals surface area contributed by atoms with Crippen LogP contribution in [-0.4, -0.2) is 5.78 Å². The first-order valence-corrected chi connectivity index (χ1v) is 6.75. The standard InChI is InChI=1S/C15H20ClFO/c1-10(2)9-11(3)14(18)8-7-12-5-4-6-13(16)15(12)17/h4-6,10-11H,7-9H2,1-3H3/t11-/m0/s1. The first kappa shape index (κ1) is 15.2. The van der Waals surface area contributed by atoms with Crippen molar-refractivity contribution in [2.24, 2.45) is 11.8 Å². The summed E-state index contributed by atoms with van der Waals surface area (Å²) in [5.74, 6) is 0.352. The van der Waals surface area contributed by atoms with E-state index in [4.69, 9.17) is 11.6 Å². The van der Waals surface area contributed by atoms with Crippen LogP contribution in [0.15, 0.2) is 18.2 Å². The quantitative estimate of drug-likeness (QED) is 0.735.